The quantitative estimate of drug-likeness (QED) is 0.438. The van der Waals surface area contributed by atoms with E-state index in [1.807, 2.05) is 0 Å². The van der Waals surface area contributed by atoms with Crippen LogP contribution >= 0.6 is 0 Å². The summed E-state index contributed by atoms with van der Waals surface area (Å²) in [6.45, 7) is 1.60. The Bertz CT molecular complexity index is 1170. The van der Waals surface area contributed by atoms with Gasteiger partial charge < -0.3 is 30.2 Å². The number of benzene rings is 1. The lowest BCUT2D eigenvalue weighted by molar-refractivity contribution is -0.162. The van der Waals surface area contributed by atoms with Crippen molar-refractivity contribution in [1.82, 2.24) is 14.7 Å². The summed E-state index contributed by atoms with van der Waals surface area (Å²) in [6.07, 6.45) is -8.35. The van der Waals surface area contributed by atoms with Crippen LogP contribution in [0, 0.1) is 5.41 Å². The summed E-state index contributed by atoms with van der Waals surface area (Å²) in [6, 6.07) is -1.69. The number of hydrogen-bond acceptors (Lipinski definition) is 5. The van der Waals surface area contributed by atoms with E-state index in [2.05, 4.69) is 5.32 Å². The highest BCUT2D eigenvalue weighted by molar-refractivity contribution is 5.94. The highest BCUT2D eigenvalue weighted by Crippen LogP contribution is 2.53. The van der Waals surface area contributed by atoms with Gasteiger partial charge in [0.2, 0.25) is 11.8 Å². The lowest BCUT2D eigenvalue weighted by Crippen LogP contribution is -2.61. The topological polar surface area (TPSA) is 113 Å². The number of rotatable bonds is 6. The fraction of sp³-hybridized carbons (Fsp3) is 0.654. The summed E-state index contributed by atoms with van der Waals surface area (Å²) in [7, 11) is 0. The number of likely N-dealkylation sites (tertiary alicyclic amines) is 1. The normalized spacial score (nSPS) is 23.5. The Morgan fingerprint density at radius 1 is 1.05 bits per heavy atom. The number of urea groups is 1. The van der Waals surface area contributed by atoms with Crippen LogP contribution in [0.1, 0.15) is 50.2 Å². The van der Waals surface area contributed by atoms with Crippen LogP contribution in [0.25, 0.3) is 0 Å². The third kappa shape index (κ3) is 6.55. The van der Waals surface area contributed by atoms with Crippen LogP contribution in [0.5, 0.6) is 0 Å². The molecule has 1 aromatic rings. The first-order valence-electron chi connectivity index (χ1n) is 13.3. The SMILES string of the molecule is CC1C(=O)N(C(CO)CCC(=O)N2CCC3(CC3)C(O)C2)CCN1C(=O)Nc1ccc(C(F)(F)F)c(C(F)(F)F)c1. The van der Waals surface area contributed by atoms with Gasteiger partial charge in [0.05, 0.1) is 29.9 Å². The number of piperidine rings is 1. The minimum absolute atomic E-state index is 0.0305. The lowest BCUT2D eigenvalue weighted by Gasteiger charge is -2.42. The molecule has 1 aromatic carbocycles. The van der Waals surface area contributed by atoms with E-state index >= 15 is 0 Å². The molecule has 0 aromatic heterocycles. The van der Waals surface area contributed by atoms with Gasteiger partial charge in [-0.1, -0.05) is 0 Å². The number of β-amino-alcohol motifs (C(OH)–C–C–N with tert-alkyl or cyclic N) is 1. The van der Waals surface area contributed by atoms with Gasteiger partial charge in [0, 0.05) is 38.3 Å². The molecule has 15 heteroatoms. The monoisotopic (exact) mass is 594 g/mol. The number of amides is 4. The Morgan fingerprint density at radius 2 is 1.71 bits per heavy atom. The Kier molecular flexibility index (Phi) is 8.52. The zero-order valence-corrected chi connectivity index (χ0v) is 22.3. The molecular formula is C26H32F6N4O5. The van der Waals surface area contributed by atoms with Crippen molar-refractivity contribution in [3.05, 3.63) is 29.3 Å². The van der Waals surface area contributed by atoms with E-state index in [-0.39, 0.29) is 55.9 Å². The van der Waals surface area contributed by atoms with Gasteiger partial charge in [-0.05, 0) is 56.2 Å². The molecule has 3 fully saturated rings. The molecule has 1 spiro atoms. The molecule has 4 rings (SSSR count). The Hall–Kier alpha value is -3.07. The molecule has 0 radical (unpaired) electrons. The van der Waals surface area contributed by atoms with Crippen molar-refractivity contribution in [2.45, 2.75) is 69.6 Å². The zero-order chi connectivity index (χ0) is 30.3. The fourth-order valence-electron chi connectivity index (χ4n) is 5.61. The smallest absolute Gasteiger partial charge is 0.394 e. The molecule has 2 heterocycles. The second-order valence-corrected chi connectivity index (χ2v) is 10.9. The van der Waals surface area contributed by atoms with Gasteiger partial charge >= 0.3 is 18.4 Å². The van der Waals surface area contributed by atoms with E-state index in [0.717, 1.165) is 24.2 Å². The van der Waals surface area contributed by atoms with Crippen LogP contribution in [-0.2, 0) is 21.9 Å². The number of nitrogens with zero attached hydrogens (tertiary/aromatic N) is 3. The summed E-state index contributed by atoms with van der Waals surface area (Å²) >= 11 is 0. The fourth-order valence-corrected chi connectivity index (χ4v) is 5.61. The summed E-state index contributed by atoms with van der Waals surface area (Å²) in [5, 5.41) is 22.4. The van der Waals surface area contributed by atoms with Gasteiger partial charge in [0.1, 0.15) is 6.04 Å². The van der Waals surface area contributed by atoms with Crippen molar-refractivity contribution in [3.63, 3.8) is 0 Å². The zero-order valence-electron chi connectivity index (χ0n) is 22.3. The molecule has 1 saturated carbocycles. The molecule has 1 aliphatic carbocycles. The number of piperazine rings is 1. The number of hydrogen-bond donors (Lipinski definition) is 3. The van der Waals surface area contributed by atoms with E-state index in [9.17, 15) is 50.9 Å². The Morgan fingerprint density at radius 3 is 2.27 bits per heavy atom. The van der Waals surface area contributed by atoms with Crippen molar-refractivity contribution in [1.29, 1.82) is 0 Å². The number of aliphatic hydroxyl groups is 2. The van der Waals surface area contributed by atoms with Gasteiger partial charge in [-0.25, -0.2) is 4.79 Å². The Labute approximate surface area is 232 Å². The lowest BCUT2D eigenvalue weighted by atomic mass is 9.90. The highest BCUT2D eigenvalue weighted by Gasteiger charge is 2.52. The van der Waals surface area contributed by atoms with E-state index in [1.54, 1.807) is 4.90 Å². The summed E-state index contributed by atoms with van der Waals surface area (Å²) in [5.41, 5.74) is -4.44. The predicted molar refractivity (Wildman–Crippen MR) is 132 cm³/mol. The molecule has 41 heavy (non-hydrogen) atoms. The van der Waals surface area contributed by atoms with Gasteiger partial charge in [0.15, 0.2) is 0 Å². The maximum Gasteiger partial charge on any atom is 0.417 e. The average Bonchev–Trinajstić information content (AvgIpc) is 3.67. The number of aliphatic hydroxyl groups excluding tert-OH is 2. The number of carbonyl (C=O) groups is 3. The van der Waals surface area contributed by atoms with Crippen molar-refractivity contribution < 1.29 is 50.9 Å². The molecule has 3 aliphatic rings. The Balaban J connectivity index is 1.35. The highest BCUT2D eigenvalue weighted by atomic mass is 19.4. The first kappa shape index (κ1) is 30.9. The summed E-state index contributed by atoms with van der Waals surface area (Å²) in [5.74, 6) is -0.767. The van der Waals surface area contributed by atoms with E-state index in [0.29, 0.717) is 12.6 Å². The third-order valence-electron chi connectivity index (χ3n) is 8.40. The second-order valence-electron chi connectivity index (χ2n) is 10.9. The van der Waals surface area contributed by atoms with E-state index in [4.69, 9.17) is 0 Å². The molecule has 3 N–H and O–H groups in total. The maximum absolute atomic E-state index is 13.3. The van der Waals surface area contributed by atoms with Crippen LogP contribution in [0.4, 0.5) is 36.8 Å². The molecular weight excluding hydrogens is 562 g/mol. The summed E-state index contributed by atoms with van der Waals surface area (Å²) < 4.78 is 78.9. The van der Waals surface area contributed by atoms with Gasteiger partial charge in [-0.3, -0.25) is 9.59 Å². The van der Waals surface area contributed by atoms with Crippen molar-refractivity contribution in [2.24, 2.45) is 5.41 Å². The number of halogens is 6. The molecule has 9 nitrogen and oxygen atoms in total. The first-order chi connectivity index (χ1) is 19.1. The van der Waals surface area contributed by atoms with Crippen LogP contribution in [0.3, 0.4) is 0 Å². The van der Waals surface area contributed by atoms with E-state index < -0.39 is 65.9 Å². The van der Waals surface area contributed by atoms with Gasteiger partial charge in [-0.15, -0.1) is 0 Å². The summed E-state index contributed by atoms with van der Waals surface area (Å²) in [4.78, 5) is 42.6. The van der Waals surface area contributed by atoms with E-state index in [1.165, 1.54) is 11.8 Å². The standard InChI is InChI=1S/C26H32F6N4O5/c1-15-22(40)36(17(14-37)3-5-21(39)34-9-8-24(6-7-24)20(38)13-34)11-10-35(15)23(41)33-16-2-4-18(25(27,28)29)19(12-16)26(30,31)32/h2,4,12,15,17,20,37-38H,3,5-11,13-14H2,1H3,(H,33,41). The molecule has 2 aliphatic heterocycles. The second kappa shape index (κ2) is 11.3. The predicted octanol–water partition coefficient (Wildman–Crippen LogP) is 3.30. The van der Waals surface area contributed by atoms with Crippen molar-refractivity contribution in [2.75, 3.05) is 38.1 Å². The number of anilines is 1. The average molecular weight is 595 g/mol. The van der Waals surface area contributed by atoms with Crippen molar-refractivity contribution in [3.8, 4) is 0 Å². The molecule has 3 unspecified atom stereocenters. The largest absolute Gasteiger partial charge is 0.417 e. The molecule has 4 amide bonds. The number of nitrogens with one attached hydrogen (secondary N) is 1. The number of carbonyl (C=O) groups excluding carboxylic acids is 3. The molecule has 3 atom stereocenters. The van der Waals surface area contributed by atoms with Gasteiger partial charge in [-0.2, -0.15) is 26.3 Å². The van der Waals surface area contributed by atoms with Crippen LogP contribution < -0.4 is 5.32 Å². The number of alkyl halides is 6. The third-order valence-corrected chi connectivity index (χ3v) is 8.40. The molecule has 0 bridgehead atoms. The minimum atomic E-state index is -5.33. The minimum Gasteiger partial charge on any atom is -0.394 e. The van der Waals surface area contributed by atoms with Crippen LogP contribution in [0.2, 0.25) is 0 Å². The first-order valence-corrected chi connectivity index (χ1v) is 13.3. The maximum atomic E-state index is 13.3. The molecule has 2 saturated heterocycles. The van der Waals surface area contributed by atoms with Gasteiger partial charge in [0.25, 0.3) is 0 Å². The van der Waals surface area contributed by atoms with Crippen LogP contribution in [0.15, 0.2) is 18.2 Å². The molecule has 228 valence electrons. The van der Waals surface area contributed by atoms with Crippen molar-refractivity contribution >= 4 is 23.5 Å². The van der Waals surface area contributed by atoms with Crippen LogP contribution in [-0.4, -0.2) is 93.7 Å².